The first-order chi connectivity index (χ1) is 8.93. The molecule has 2 nitrogen and oxygen atoms in total. The van der Waals surface area contributed by atoms with Crippen molar-refractivity contribution in [1.29, 1.82) is 0 Å². The minimum absolute atomic E-state index is 1.08. The van der Waals surface area contributed by atoms with E-state index in [0.29, 0.717) is 0 Å². The standard InChI is InChI=1S/C16H17N2/c1-3-7-15(8-4-1)17-11-13-18(14-12-17)16-9-5-2-6-10-16/h1,3-10H,11-14H2. The smallest absolute Gasteiger partial charge is 0.0367 e. The van der Waals surface area contributed by atoms with Crippen molar-refractivity contribution < 1.29 is 0 Å². The first-order valence-corrected chi connectivity index (χ1v) is 6.44. The second-order valence-electron chi connectivity index (χ2n) is 4.57. The molecule has 18 heavy (non-hydrogen) atoms. The summed E-state index contributed by atoms with van der Waals surface area (Å²) in [6.45, 7) is 4.34. The fourth-order valence-electron chi connectivity index (χ4n) is 2.45. The second kappa shape index (κ2) is 5.13. The van der Waals surface area contributed by atoms with Gasteiger partial charge in [0.15, 0.2) is 0 Å². The lowest BCUT2D eigenvalue weighted by molar-refractivity contribution is 0.653. The number of hydrogen-bond acceptors (Lipinski definition) is 2. The second-order valence-corrected chi connectivity index (χ2v) is 4.57. The van der Waals surface area contributed by atoms with Crippen LogP contribution in [0.5, 0.6) is 0 Å². The van der Waals surface area contributed by atoms with Gasteiger partial charge >= 0.3 is 0 Å². The van der Waals surface area contributed by atoms with Gasteiger partial charge < -0.3 is 9.80 Å². The number of piperazine rings is 1. The van der Waals surface area contributed by atoms with Gasteiger partial charge in [-0.1, -0.05) is 30.3 Å². The number of rotatable bonds is 2. The summed E-state index contributed by atoms with van der Waals surface area (Å²) in [5.74, 6) is 0. The molecule has 0 atom stereocenters. The highest BCUT2D eigenvalue weighted by atomic mass is 15.3. The van der Waals surface area contributed by atoms with Gasteiger partial charge in [0.25, 0.3) is 0 Å². The molecule has 1 aliphatic heterocycles. The molecular formula is C16H17N2. The number of benzene rings is 2. The van der Waals surface area contributed by atoms with Crippen molar-refractivity contribution in [1.82, 2.24) is 0 Å². The molecule has 2 aromatic rings. The third-order valence-electron chi connectivity index (χ3n) is 3.47. The summed E-state index contributed by atoms with van der Waals surface area (Å²) < 4.78 is 0. The molecular weight excluding hydrogens is 220 g/mol. The van der Waals surface area contributed by atoms with Gasteiger partial charge in [0.05, 0.1) is 0 Å². The van der Waals surface area contributed by atoms with Crippen LogP contribution in [0.3, 0.4) is 0 Å². The Morgan fingerprint density at radius 3 is 1.72 bits per heavy atom. The van der Waals surface area contributed by atoms with E-state index in [9.17, 15) is 0 Å². The average Bonchev–Trinajstić information content (AvgIpc) is 2.49. The van der Waals surface area contributed by atoms with Crippen LogP contribution in [0.15, 0.2) is 54.6 Å². The van der Waals surface area contributed by atoms with Crippen molar-refractivity contribution >= 4 is 11.4 Å². The molecule has 91 valence electrons. The van der Waals surface area contributed by atoms with Crippen molar-refractivity contribution in [2.24, 2.45) is 0 Å². The van der Waals surface area contributed by atoms with Crippen LogP contribution in [0.25, 0.3) is 0 Å². The Morgan fingerprint density at radius 1 is 0.667 bits per heavy atom. The molecule has 1 fully saturated rings. The van der Waals surface area contributed by atoms with Crippen LogP contribution in [-0.4, -0.2) is 26.2 Å². The molecule has 1 radical (unpaired) electrons. The Labute approximate surface area is 108 Å². The van der Waals surface area contributed by atoms with Gasteiger partial charge in [0, 0.05) is 37.6 Å². The quantitative estimate of drug-likeness (QED) is 0.792. The summed E-state index contributed by atoms with van der Waals surface area (Å²) in [5, 5.41) is 0. The highest BCUT2D eigenvalue weighted by Gasteiger charge is 2.16. The van der Waals surface area contributed by atoms with E-state index < -0.39 is 0 Å². The third-order valence-corrected chi connectivity index (χ3v) is 3.47. The average molecular weight is 237 g/mol. The molecule has 0 spiro atoms. The Hall–Kier alpha value is -1.96. The normalized spacial score (nSPS) is 15.8. The highest BCUT2D eigenvalue weighted by molar-refractivity contribution is 5.51. The number of para-hydroxylation sites is 1. The zero-order chi connectivity index (χ0) is 12.2. The summed E-state index contributed by atoms with van der Waals surface area (Å²) in [6.07, 6.45) is 0. The molecule has 3 rings (SSSR count). The van der Waals surface area contributed by atoms with E-state index in [1.807, 2.05) is 12.1 Å². The number of nitrogens with zero attached hydrogens (tertiary/aromatic N) is 2. The van der Waals surface area contributed by atoms with Crippen molar-refractivity contribution in [2.75, 3.05) is 36.0 Å². The molecule has 0 N–H and O–H groups in total. The molecule has 0 aromatic heterocycles. The number of anilines is 2. The predicted octanol–water partition coefficient (Wildman–Crippen LogP) is 2.81. The summed E-state index contributed by atoms with van der Waals surface area (Å²) in [6, 6.07) is 22.0. The van der Waals surface area contributed by atoms with Gasteiger partial charge in [-0.25, -0.2) is 0 Å². The maximum atomic E-state index is 3.07. The Balaban J connectivity index is 1.65. The number of hydrogen-bond donors (Lipinski definition) is 0. The van der Waals surface area contributed by atoms with E-state index >= 15 is 0 Å². The van der Waals surface area contributed by atoms with Gasteiger partial charge in [-0.3, -0.25) is 0 Å². The zero-order valence-corrected chi connectivity index (χ0v) is 10.4. The van der Waals surface area contributed by atoms with Gasteiger partial charge in [-0.2, -0.15) is 0 Å². The summed E-state index contributed by atoms with van der Waals surface area (Å²) in [7, 11) is 0. The first kappa shape index (κ1) is 11.1. The molecule has 0 unspecified atom stereocenters. The first-order valence-electron chi connectivity index (χ1n) is 6.44. The maximum Gasteiger partial charge on any atom is 0.0367 e. The molecule has 0 aliphatic carbocycles. The molecule has 1 aliphatic rings. The van der Waals surface area contributed by atoms with Crippen molar-refractivity contribution in [2.45, 2.75) is 0 Å². The van der Waals surface area contributed by atoms with Crippen molar-refractivity contribution in [3.8, 4) is 0 Å². The SMILES string of the molecule is [c]1ccc(N2CCN(c3ccccc3)CC2)cc1. The Kier molecular flexibility index (Phi) is 3.18. The van der Waals surface area contributed by atoms with Crippen LogP contribution in [0.4, 0.5) is 11.4 Å². The Bertz CT molecular complexity index is 425. The van der Waals surface area contributed by atoms with Crippen LogP contribution in [0.2, 0.25) is 0 Å². The minimum Gasteiger partial charge on any atom is -0.368 e. The van der Waals surface area contributed by atoms with E-state index in [2.05, 4.69) is 58.3 Å². The summed E-state index contributed by atoms with van der Waals surface area (Å²) in [5.41, 5.74) is 2.64. The fraction of sp³-hybridized carbons (Fsp3) is 0.250. The fourth-order valence-corrected chi connectivity index (χ4v) is 2.45. The van der Waals surface area contributed by atoms with Crippen LogP contribution in [0, 0.1) is 6.07 Å². The molecule has 2 heteroatoms. The molecule has 0 saturated carbocycles. The lowest BCUT2D eigenvalue weighted by Gasteiger charge is -2.37. The largest absolute Gasteiger partial charge is 0.368 e. The van der Waals surface area contributed by atoms with Gasteiger partial charge in [0.2, 0.25) is 0 Å². The Morgan fingerprint density at radius 2 is 1.17 bits per heavy atom. The molecule has 1 saturated heterocycles. The van der Waals surface area contributed by atoms with Crippen LogP contribution in [-0.2, 0) is 0 Å². The van der Waals surface area contributed by atoms with Crippen LogP contribution < -0.4 is 9.80 Å². The summed E-state index contributed by atoms with van der Waals surface area (Å²) >= 11 is 0. The molecule has 0 bridgehead atoms. The third kappa shape index (κ3) is 2.33. The predicted molar refractivity (Wildman–Crippen MR) is 76.1 cm³/mol. The van der Waals surface area contributed by atoms with E-state index in [-0.39, 0.29) is 0 Å². The van der Waals surface area contributed by atoms with Crippen LogP contribution >= 0.6 is 0 Å². The summed E-state index contributed by atoms with van der Waals surface area (Å²) in [4.78, 5) is 4.89. The van der Waals surface area contributed by atoms with E-state index in [1.165, 1.54) is 11.4 Å². The zero-order valence-electron chi connectivity index (χ0n) is 10.4. The van der Waals surface area contributed by atoms with Crippen LogP contribution in [0.1, 0.15) is 0 Å². The van der Waals surface area contributed by atoms with Gasteiger partial charge in [0.1, 0.15) is 0 Å². The van der Waals surface area contributed by atoms with E-state index in [4.69, 9.17) is 0 Å². The highest BCUT2D eigenvalue weighted by Crippen LogP contribution is 2.19. The van der Waals surface area contributed by atoms with Crippen molar-refractivity contribution in [3.63, 3.8) is 0 Å². The monoisotopic (exact) mass is 237 g/mol. The lowest BCUT2D eigenvalue weighted by atomic mass is 10.2. The molecule has 0 amide bonds. The minimum atomic E-state index is 1.08. The van der Waals surface area contributed by atoms with Gasteiger partial charge in [-0.15, -0.1) is 0 Å². The molecule has 2 aromatic carbocycles. The molecule has 1 heterocycles. The topological polar surface area (TPSA) is 6.48 Å². The maximum absolute atomic E-state index is 3.07. The van der Waals surface area contributed by atoms with Gasteiger partial charge in [-0.05, 0) is 30.3 Å². The lowest BCUT2D eigenvalue weighted by Crippen LogP contribution is -2.46. The van der Waals surface area contributed by atoms with E-state index in [1.54, 1.807) is 0 Å². The van der Waals surface area contributed by atoms with E-state index in [0.717, 1.165) is 26.2 Å². The van der Waals surface area contributed by atoms with Crippen molar-refractivity contribution in [3.05, 3.63) is 60.7 Å².